The van der Waals surface area contributed by atoms with Crippen LogP contribution in [0.15, 0.2) is 85.5 Å². The summed E-state index contributed by atoms with van der Waals surface area (Å²) in [5, 5.41) is 13.1. The molecule has 8 rings (SSSR count). The Bertz CT molecular complexity index is 2100. The van der Waals surface area contributed by atoms with Crippen LogP contribution in [0.25, 0.3) is 39.1 Å². The highest BCUT2D eigenvalue weighted by molar-refractivity contribution is 6.03. The zero-order valence-electron chi connectivity index (χ0n) is 29.0. The van der Waals surface area contributed by atoms with E-state index in [1.165, 1.54) is 11.1 Å². The molecule has 11 heteroatoms. The molecule has 2 fully saturated rings. The first kappa shape index (κ1) is 31.9. The number of hydrogen-bond donors (Lipinski definition) is 1. The van der Waals surface area contributed by atoms with Crippen LogP contribution in [0.2, 0.25) is 0 Å². The number of pyridine rings is 1. The van der Waals surface area contributed by atoms with Crippen LogP contribution < -0.4 is 9.64 Å². The average Bonchev–Trinajstić information content (AvgIpc) is 3.92. The number of benzene rings is 2. The van der Waals surface area contributed by atoms with Crippen LogP contribution in [0.4, 0.5) is 5.69 Å². The highest BCUT2D eigenvalue weighted by Gasteiger charge is 2.51. The Labute approximate surface area is 292 Å². The zero-order valence-corrected chi connectivity index (χ0v) is 29.0. The molecule has 1 spiro atoms. The third-order valence-corrected chi connectivity index (χ3v) is 10.3. The second kappa shape index (κ2) is 12.9. The van der Waals surface area contributed by atoms with E-state index in [2.05, 4.69) is 78.1 Å². The molecule has 2 aromatic carbocycles. The van der Waals surface area contributed by atoms with E-state index < -0.39 is 0 Å². The van der Waals surface area contributed by atoms with Crippen molar-refractivity contribution in [3.63, 3.8) is 0 Å². The molecule has 11 nitrogen and oxygen atoms in total. The van der Waals surface area contributed by atoms with Crippen molar-refractivity contribution in [2.75, 3.05) is 44.2 Å². The van der Waals surface area contributed by atoms with Gasteiger partial charge in [-0.3, -0.25) is 19.5 Å². The quantitative estimate of drug-likeness (QED) is 0.206. The van der Waals surface area contributed by atoms with Crippen molar-refractivity contribution in [2.24, 2.45) is 12.5 Å². The van der Waals surface area contributed by atoms with Crippen molar-refractivity contribution in [2.45, 2.75) is 39.2 Å². The minimum absolute atomic E-state index is 0.0280. The summed E-state index contributed by atoms with van der Waals surface area (Å²) in [7, 11) is 1.88. The van der Waals surface area contributed by atoms with E-state index in [4.69, 9.17) is 4.74 Å². The van der Waals surface area contributed by atoms with Gasteiger partial charge in [-0.1, -0.05) is 36.9 Å². The van der Waals surface area contributed by atoms with Crippen LogP contribution in [-0.2, 0) is 11.8 Å². The van der Waals surface area contributed by atoms with Crippen molar-refractivity contribution >= 4 is 28.1 Å². The van der Waals surface area contributed by atoms with Crippen LogP contribution in [0, 0.1) is 5.41 Å². The summed E-state index contributed by atoms with van der Waals surface area (Å²) in [6.45, 7) is 13.4. The van der Waals surface area contributed by atoms with Crippen LogP contribution in [0.1, 0.15) is 38.7 Å². The maximum absolute atomic E-state index is 14.1. The number of amides is 1. The molecule has 0 radical (unpaired) electrons. The van der Waals surface area contributed by atoms with Crippen molar-refractivity contribution in [1.82, 2.24) is 39.7 Å². The molecule has 0 aliphatic carbocycles. The molecule has 5 aromatic rings. The Morgan fingerprint density at radius 3 is 2.58 bits per heavy atom. The molecule has 0 unspecified atom stereocenters. The summed E-state index contributed by atoms with van der Waals surface area (Å²) in [6.07, 6.45) is 8.51. The lowest BCUT2D eigenvalue weighted by Gasteiger charge is -2.32. The Kier molecular flexibility index (Phi) is 8.22. The van der Waals surface area contributed by atoms with Gasteiger partial charge in [0.25, 0.3) is 0 Å². The van der Waals surface area contributed by atoms with Gasteiger partial charge in [0.2, 0.25) is 11.8 Å². The number of carbonyl (C=O) groups excluding carboxylic acids is 1. The lowest BCUT2D eigenvalue weighted by molar-refractivity contribution is -0.125. The van der Waals surface area contributed by atoms with Crippen molar-refractivity contribution in [3.05, 3.63) is 91.0 Å². The molecule has 2 saturated heterocycles. The van der Waals surface area contributed by atoms with Crippen LogP contribution in [0.3, 0.4) is 0 Å². The maximum atomic E-state index is 14.1. The highest BCUT2D eigenvalue weighted by atomic mass is 16.5. The number of carbonyl (C=O) groups is 1. The van der Waals surface area contributed by atoms with Crippen LogP contribution in [-0.4, -0.2) is 91.0 Å². The molecule has 50 heavy (non-hydrogen) atoms. The summed E-state index contributed by atoms with van der Waals surface area (Å²) >= 11 is 0. The van der Waals surface area contributed by atoms with Gasteiger partial charge in [-0.25, -0.2) is 9.97 Å². The largest absolute Gasteiger partial charge is 0.475 e. The van der Waals surface area contributed by atoms with Gasteiger partial charge >= 0.3 is 0 Å². The van der Waals surface area contributed by atoms with Gasteiger partial charge in [-0.05, 0) is 75.1 Å². The summed E-state index contributed by atoms with van der Waals surface area (Å²) in [6, 6.07) is 18.5. The molecular formula is C39H43N9O2. The van der Waals surface area contributed by atoms with Gasteiger partial charge in [0, 0.05) is 79.9 Å². The van der Waals surface area contributed by atoms with Crippen LogP contribution >= 0.6 is 0 Å². The number of ether oxygens (including phenoxy) is 1. The first-order valence-corrected chi connectivity index (χ1v) is 17.5. The number of hydrogen-bond acceptors (Lipinski definition) is 8. The number of aryl methyl sites for hydroxylation is 1. The highest BCUT2D eigenvalue weighted by Crippen LogP contribution is 2.43. The van der Waals surface area contributed by atoms with E-state index >= 15 is 0 Å². The lowest BCUT2D eigenvalue weighted by Crippen LogP contribution is -2.38. The SMILES string of the molecule is C=C(CN1CC[C@]2(CCN(c3ccc4[nH]nc(-c5ccnc(OC(C)C)c5)c4c3)C2=O)C1)N1CC=C(c2ccc(-c3ncn(C)n3)cc2)CC1. The normalized spacial score (nSPS) is 19.7. The Morgan fingerprint density at radius 2 is 1.82 bits per heavy atom. The number of nitrogens with one attached hydrogen (secondary N) is 1. The number of anilines is 1. The minimum Gasteiger partial charge on any atom is -0.475 e. The average molecular weight is 670 g/mol. The predicted octanol–water partition coefficient (Wildman–Crippen LogP) is 5.94. The number of fused-ring (bicyclic) bond motifs is 1. The third kappa shape index (κ3) is 6.06. The first-order valence-electron chi connectivity index (χ1n) is 17.5. The lowest BCUT2D eigenvalue weighted by atomic mass is 9.85. The van der Waals surface area contributed by atoms with E-state index in [1.807, 2.05) is 50.1 Å². The molecule has 0 bridgehead atoms. The smallest absolute Gasteiger partial charge is 0.234 e. The minimum atomic E-state index is -0.353. The molecule has 1 N–H and O–H groups in total. The molecule has 6 heterocycles. The molecule has 256 valence electrons. The second-order valence-corrected chi connectivity index (χ2v) is 14.1. The van der Waals surface area contributed by atoms with Gasteiger partial charge < -0.3 is 14.5 Å². The van der Waals surface area contributed by atoms with E-state index in [-0.39, 0.29) is 17.4 Å². The molecular weight excluding hydrogens is 626 g/mol. The number of likely N-dealkylation sites (tertiary alicyclic amines) is 1. The summed E-state index contributed by atoms with van der Waals surface area (Å²) in [5.74, 6) is 1.53. The first-order chi connectivity index (χ1) is 24.2. The fraction of sp³-hybridized carbons (Fsp3) is 0.359. The Balaban J connectivity index is 0.896. The number of H-pyrrole nitrogens is 1. The topological polar surface area (TPSA) is 108 Å². The third-order valence-electron chi connectivity index (χ3n) is 10.3. The molecule has 3 aliphatic rings. The molecule has 0 saturated carbocycles. The second-order valence-electron chi connectivity index (χ2n) is 14.1. The standard InChI is InChI=1S/C39H43N9O2/c1-26(2)50-35-21-31(11-16-40-35)36-33-22-32(9-10-34(33)42-43-36)48-20-15-39(38(48)49)14-19-46(24-39)23-27(3)47-17-12-29(13-18-47)28-5-7-30(8-6-28)37-41-25-45(4)44-37/h5-12,16,21-22,25-26H,3,13-15,17-20,23-24H2,1-2,4H3,(H,42,43)/t39-/m0/s1. The molecule has 3 aliphatic heterocycles. The Morgan fingerprint density at radius 1 is 1.00 bits per heavy atom. The van der Waals surface area contributed by atoms with E-state index in [0.29, 0.717) is 12.4 Å². The van der Waals surface area contributed by atoms with Gasteiger partial charge in [-0.2, -0.15) is 10.2 Å². The van der Waals surface area contributed by atoms with Crippen LogP contribution in [0.5, 0.6) is 5.88 Å². The van der Waals surface area contributed by atoms with Crippen molar-refractivity contribution in [1.29, 1.82) is 0 Å². The number of nitrogens with zero attached hydrogens (tertiary/aromatic N) is 8. The van der Waals surface area contributed by atoms with Crippen molar-refractivity contribution in [3.8, 4) is 28.5 Å². The van der Waals surface area contributed by atoms with E-state index in [9.17, 15) is 4.79 Å². The molecule has 1 amide bonds. The van der Waals surface area contributed by atoms with E-state index in [0.717, 1.165) is 96.9 Å². The van der Waals surface area contributed by atoms with E-state index in [1.54, 1.807) is 17.2 Å². The van der Waals surface area contributed by atoms with Crippen molar-refractivity contribution < 1.29 is 9.53 Å². The van der Waals surface area contributed by atoms with Gasteiger partial charge in [0.15, 0.2) is 5.82 Å². The predicted molar refractivity (Wildman–Crippen MR) is 195 cm³/mol. The Hall–Kier alpha value is -5.29. The fourth-order valence-corrected chi connectivity index (χ4v) is 7.67. The van der Waals surface area contributed by atoms with Gasteiger partial charge in [-0.15, -0.1) is 0 Å². The van der Waals surface area contributed by atoms with Gasteiger partial charge in [0.05, 0.1) is 17.0 Å². The fourth-order valence-electron chi connectivity index (χ4n) is 7.67. The van der Waals surface area contributed by atoms with Gasteiger partial charge in [0.1, 0.15) is 12.0 Å². The summed E-state index contributed by atoms with van der Waals surface area (Å²) < 4.78 is 7.54. The molecule has 1 atom stereocenters. The zero-order chi connectivity index (χ0) is 34.4. The number of aromatic amines is 1. The molecule has 3 aromatic heterocycles. The monoisotopic (exact) mass is 669 g/mol. The number of aromatic nitrogens is 6. The maximum Gasteiger partial charge on any atom is 0.234 e. The summed E-state index contributed by atoms with van der Waals surface area (Å²) in [5.41, 5.74) is 7.97. The number of rotatable bonds is 9. The summed E-state index contributed by atoms with van der Waals surface area (Å²) in [4.78, 5) is 29.6.